The van der Waals surface area contributed by atoms with Crippen molar-refractivity contribution in [1.82, 2.24) is 15.1 Å². The van der Waals surface area contributed by atoms with Crippen LogP contribution in [0.2, 0.25) is 0 Å². The summed E-state index contributed by atoms with van der Waals surface area (Å²) in [4.78, 5) is 0. The van der Waals surface area contributed by atoms with Gasteiger partial charge >= 0.3 is 0 Å². The number of nitrogens with one attached hydrogen (secondary N) is 1. The summed E-state index contributed by atoms with van der Waals surface area (Å²) in [6.45, 7) is 4.05. The lowest BCUT2D eigenvalue weighted by molar-refractivity contribution is 0.598. The molecule has 0 aliphatic carbocycles. The Morgan fingerprint density at radius 2 is 2.46 bits per heavy atom. The van der Waals surface area contributed by atoms with Gasteiger partial charge in [0.1, 0.15) is 0 Å². The van der Waals surface area contributed by atoms with E-state index in [1.165, 1.54) is 5.69 Å². The predicted molar refractivity (Wildman–Crippen MR) is 55.5 cm³/mol. The smallest absolute Gasteiger partial charge is 0.0607 e. The zero-order valence-corrected chi connectivity index (χ0v) is 8.33. The molecule has 1 N–H and O–H groups in total. The molecule has 0 radical (unpaired) electrons. The van der Waals surface area contributed by atoms with Gasteiger partial charge in [0, 0.05) is 19.3 Å². The highest BCUT2D eigenvalue weighted by molar-refractivity contribution is 5.44. The summed E-state index contributed by atoms with van der Waals surface area (Å²) in [6, 6.07) is 2.03. The first kappa shape index (κ1) is 9.99. The van der Waals surface area contributed by atoms with Crippen LogP contribution in [0.5, 0.6) is 0 Å². The molecule has 3 heteroatoms. The Kier molecular flexibility index (Phi) is 4.26. The average molecular weight is 179 g/mol. The molecule has 13 heavy (non-hydrogen) atoms. The van der Waals surface area contributed by atoms with E-state index >= 15 is 0 Å². The third-order valence-electron chi connectivity index (χ3n) is 1.80. The van der Waals surface area contributed by atoms with E-state index in [-0.39, 0.29) is 0 Å². The molecule has 0 bridgehead atoms. The van der Waals surface area contributed by atoms with Gasteiger partial charge in [0.15, 0.2) is 0 Å². The number of aromatic nitrogens is 2. The molecule has 0 aliphatic heterocycles. The zero-order valence-electron chi connectivity index (χ0n) is 8.33. The Balaban J connectivity index is 2.59. The minimum absolute atomic E-state index is 0.900. The van der Waals surface area contributed by atoms with Crippen molar-refractivity contribution in [2.75, 3.05) is 13.6 Å². The SMILES string of the molecule is CCCn1nccc1/C=C/CNC. The van der Waals surface area contributed by atoms with Crippen LogP contribution in [0, 0.1) is 0 Å². The minimum Gasteiger partial charge on any atom is -0.316 e. The Hall–Kier alpha value is -1.09. The van der Waals surface area contributed by atoms with Crippen molar-refractivity contribution in [2.24, 2.45) is 0 Å². The molecule has 0 saturated heterocycles. The Morgan fingerprint density at radius 1 is 1.62 bits per heavy atom. The van der Waals surface area contributed by atoms with Crippen LogP contribution in [0.25, 0.3) is 6.08 Å². The van der Waals surface area contributed by atoms with Crippen LogP contribution in [0.1, 0.15) is 19.0 Å². The van der Waals surface area contributed by atoms with Gasteiger partial charge in [-0.15, -0.1) is 0 Å². The fraction of sp³-hybridized carbons (Fsp3) is 0.500. The summed E-state index contributed by atoms with van der Waals surface area (Å²) in [5.74, 6) is 0. The van der Waals surface area contributed by atoms with E-state index in [0.29, 0.717) is 0 Å². The molecule has 0 saturated carbocycles. The summed E-state index contributed by atoms with van der Waals surface area (Å²) in [6.07, 6.45) is 7.16. The molecule has 1 rings (SSSR count). The van der Waals surface area contributed by atoms with E-state index in [1.807, 2.05) is 24.0 Å². The molecule has 0 aliphatic rings. The molecular weight excluding hydrogens is 162 g/mol. The van der Waals surface area contributed by atoms with Gasteiger partial charge in [0.05, 0.1) is 5.69 Å². The first-order valence-corrected chi connectivity index (χ1v) is 4.71. The van der Waals surface area contributed by atoms with Crippen LogP contribution in [0.3, 0.4) is 0 Å². The first-order valence-electron chi connectivity index (χ1n) is 4.71. The third-order valence-corrected chi connectivity index (χ3v) is 1.80. The Labute approximate surface area is 79.5 Å². The highest BCUT2D eigenvalue weighted by Gasteiger charge is 1.95. The molecule has 0 fully saturated rings. The molecule has 3 nitrogen and oxygen atoms in total. The van der Waals surface area contributed by atoms with Crippen LogP contribution >= 0.6 is 0 Å². The summed E-state index contributed by atoms with van der Waals surface area (Å²) in [5, 5.41) is 7.29. The lowest BCUT2D eigenvalue weighted by Crippen LogP contribution is -2.04. The Morgan fingerprint density at radius 3 is 3.15 bits per heavy atom. The maximum absolute atomic E-state index is 4.23. The first-order chi connectivity index (χ1) is 6.38. The van der Waals surface area contributed by atoms with Crippen molar-refractivity contribution in [3.8, 4) is 0 Å². The standard InChI is InChI=1S/C10H17N3/c1-3-9-13-10(6-8-12-13)5-4-7-11-2/h4-6,8,11H,3,7,9H2,1-2H3/b5-4+. The molecule has 1 heterocycles. The van der Waals surface area contributed by atoms with E-state index < -0.39 is 0 Å². The van der Waals surface area contributed by atoms with Gasteiger partial charge in [-0.25, -0.2) is 0 Å². The number of hydrogen-bond donors (Lipinski definition) is 1. The lowest BCUT2D eigenvalue weighted by atomic mass is 10.3. The quantitative estimate of drug-likeness (QED) is 0.742. The van der Waals surface area contributed by atoms with Crippen molar-refractivity contribution >= 4 is 6.08 Å². The van der Waals surface area contributed by atoms with Gasteiger partial charge in [-0.05, 0) is 25.6 Å². The fourth-order valence-corrected chi connectivity index (χ4v) is 1.18. The number of likely N-dealkylation sites (N-methyl/N-ethyl adjacent to an activating group) is 1. The topological polar surface area (TPSA) is 29.9 Å². The maximum Gasteiger partial charge on any atom is 0.0607 e. The largest absolute Gasteiger partial charge is 0.316 e. The van der Waals surface area contributed by atoms with Crippen molar-refractivity contribution in [2.45, 2.75) is 19.9 Å². The van der Waals surface area contributed by atoms with E-state index in [4.69, 9.17) is 0 Å². The summed E-state index contributed by atoms with van der Waals surface area (Å²) < 4.78 is 2.02. The molecule has 0 amide bonds. The predicted octanol–water partition coefficient (Wildman–Crippen LogP) is 1.53. The summed E-state index contributed by atoms with van der Waals surface area (Å²) >= 11 is 0. The number of rotatable bonds is 5. The maximum atomic E-state index is 4.23. The highest BCUT2D eigenvalue weighted by Crippen LogP contribution is 2.02. The highest BCUT2D eigenvalue weighted by atomic mass is 15.3. The minimum atomic E-state index is 0.900. The van der Waals surface area contributed by atoms with Crippen molar-refractivity contribution < 1.29 is 0 Å². The second-order valence-corrected chi connectivity index (χ2v) is 2.94. The fourth-order valence-electron chi connectivity index (χ4n) is 1.18. The van der Waals surface area contributed by atoms with Gasteiger partial charge in [0.25, 0.3) is 0 Å². The number of hydrogen-bond acceptors (Lipinski definition) is 2. The zero-order chi connectivity index (χ0) is 9.52. The number of nitrogens with zero attached hydrogens (tertiary/aromatic N) is 2. The third kappa shape index (κ3) is 3.03. The van der Waals surface area contributed by atoms with Crippen LogP contribution in [-0.2, 0) is 6.54 Å². The van der Waals surface area contributed by atoms with E-state index in [2.05, 4.69) is 29.5 Å². The summed E-state index contributed by atoms with van der Waals surface area (Å²) in [5.41, 5.74) is 1.18. The molecular formula is C10H17N3. The van der Waals surface area contributed by atoms with Crippen LogP contribution in [-0.4, -0.2) is 23.4 Å². The van der Waals surface area contributed by atoms with Crippen LogP contribution in [0.4, 0.5) is 0 Å². The van der Waals surface area contributed by atoms with Crippen molar-refractivity contribution in [3.63, 3.8) is 0 Å². The molecule has 0 unspecified atom stereocenters. The second kappa shape index (κ2) is 5.54. The monoisotopic (exact) mass is 179 g/mol. The van der Waals surface area contributed by atoms with Gasteiger partial charge in [-0.3, -0.25) is 4.68 Å². The molecule has 1 aromatic heterocycles. The van der Waals surface area contributed by atoms with Gasteiger partial charge < -0.3 is 5.32 Å². The normalized spacial score (nSPS) is 11.2. The van der Waals surface area contributed by atoms with Crippen molar-refractivity contribution in [3.05, 3.63) is 24.0 Å². The molecule has 0 spiro atoms. The molecule has 1 aromatic rings. The van der Waals surface area contributed by atoms with Gasteiger partial charge in [0.2, 0.25) is 0 Å². The van der Waals surface area contributed by atoms with E-state index in [1.54, 1.807) is 0 Å². The molecule has 0 aromatic carbocycles. The van der Waals surface area contributed by atoms with E-state index in [9.17, 15) is 0 Å². The Bertz CT molecular complexity index is 263. The van der Waals surface area contributed by atoms with Gasteiger partial charge in [-0.1, -0.05) is 13.0 Å². The summed E-state index contributed by atoms with van der Waals surface area (Å²) in [7, 11) is 1.94. The van der Waals surface area contributed by atoms with E-state index in [0.717, 1.165) is 19.5 Å². The lowest BCUT2D eigenvalue weighted by Gasteiger charge is -2.00. The molecule has 0 atom stereocenters. The van der Waals surface area contributed by atoms with Crippen molar-refractivity contribution in [1.29, 1.82) is 0 Å². The van der Waals surface area contributed by atoms with Crippen LogP contribution in [0.15, 0.2) is 18.3 Å². The number of aryl methyl sites for hydroxylation is 1. The van der Waals surface area contributed by atoms with Crippen LogP contribution < -0.4 is 5.32 Å². The molecule has 72 valence electrons. The average Bonchev–Trinajstić information content (AvgIpc) is 2.54. The second-order valence-electron chi connectivity index (χ2n) is 2.94. The van der Waals surface area contributed by atoms with Gasteiger partial charge in [-0.2, -0.15) is 5.10 Å².